The first kappa shape index (κ1) is 15.2. The SMILES string of the molecule is COC(=O)CCC(=O)Nc1ccccc1C(C)(C)C. The number of carbonyl (C=O) groups is 2. The lowest BCUT2D eigenvalue weighted by Crippen LogP contribution is -2.19. The van der Waals surface area contributed by atoms with Gasteiger partial charge in [0.1, 0.15) is 0 Å². The zero-order valence-corrected chi connectivity index (χ0v) is 11.9. The zero-order valence-electron chi connectivity index (χ0n) is 11.9. The molecular weight excluding hydrogens is 242 g/mol. The maximum atomic E-state index is 11.8. The molecule has 0 spiro atoms. The summed E-state index contributed by atoms with van der Waals surface area (Å²) in [6, 6.07) is 7.70. The molecule has 19 heavy (non-hydrogen) atoms. The van der Waals surface area contributed by atoms with Crippen LogP contribution in [0.3, 0.4) is 0 Å². The first-order chi connectivity index (χ1) is 8.84. The van der Waals surface area contributed by atoms with E-state index in [2.05, 4.69) is 30.8 Å². The Bertz CT molecular complexity index is 461. The van der Waals surface area contributed by atoms with Gasteiger partial charge in [-0.1, -0.05) is 39.0 Å². The van der Waals surface area contributed by atoms with E-state index in [1.165, 1.54) is 7.11 Å². The Morgan fingerprint density at radius 3 is 2.37 bits per heavy atom. The predicted molar refractivity (Wildman–Crippen MR) is 75.0 cm³/mol. The van der Waals surface area contributed by atoms with Crippen LogP contribution in [0.5, 0.6) is 0 Å². The number of para-hydroxylation sites is 1. The zero-order chi connectivity index (χ0) is 14.5. The van der Waals surface area contributed by atoms with Crippen LogP contribution in [-0.2, 0) is 19.7 Å². The Morgan fingerprint density at radius 1 is 1.16 bits per heavy atom. The van der Waals surface area contributed by atoms with E-state index in [-0.39, 0.29) is 30.1 Å². The van der Waals surface area contributed by atoms with Gasteiger partial charge in [0, 0.05) is 12.1 Å². The molecule has 0 unspecified atom stereocenters. The van der Waals surface area contributed by atoms with Crippen LogP contribution in [0.15, 0.2) is 24.3 Å². The van der Waals surface area contributed by atoms with Crippen molar-refractivity contribution in [2.45, 2.75) is 39.0 Å². The summed E-state index contributed by atoms with van der Waals surface area (Å²) in [4.78, 5) is 22.8. The summed E-state index contributed by atoms with van der Waals surface area (Å²) in [6.45, 7) is 6.27. The normalized spacial score (nSPS) is 10.9. The molecule has 1 aromatic carbocycles. The molecule has 0 aliphatic heterocycles. The van der Waals surface area contributed by atoms with Gasteiger partial charge < -0.3 is 10.1 Å². The average Bonchev–Trinajstić information content (AvgIpc) is 2.35. The molecule has 104 valence electrons. The highest BCUT2D eigenvalue weighted by molar-refractivity contribution is 5.93. The van der Waals surface area contributed by atoms with E-state index < -0.39 is 0 Å². The molecule has 1 amide bonds. The third-order valence-electron chi connectivity index (χ3n) is 2.79. The van der Waals surface area contributed by atoms with E-state index >= 15 is 0 Å². The number of ether oxygens (including phenoxy) is 1. The Kier molecular flexibility index (Phi) is 5.10. The van der Waals surface area contributed by atoms with Crippen LogP contribution in [0.25, 0.3) is 0 Å². The van der Waals surface area contributed by atoms with Gasteiger partial charge in [-0.3, -0.25) is 9.59 Å². The van der Waals surface area contributed by atoms with Crippen LogP contribution in [0.4, 0.5) is 5.69 Å². The summed E-state index contributed by atoms with van der Waals surface area (Å²) in [5, 5.41) is 2.85. The van der Waals surface area contributed by atoms with Crippen molar-refractivity contribution >= 4 is 17.6 Å². The predicted octanol–water partition coefficient (Wildman–Crippen LogP) is 2.88. The molecule has 1 aromatic rings. The van der Waals surface area contributed by atoms with Gasteiger partial charge >= 0.3 is 5.97 Å². The van der Waals surface area contributed by atoms with E-state index in [4.69, 9.17) is 0 Å². The maximum Gasteiger partial charge on any atom is 0.306 e. The highest BCUT2D eigenvalue weighted by Gasteiger charge is 2.18. The lowest BCUT2D eigenvalue weighted by atomic mass is 9.86. The summed E-state index contributed by atoms with van der Waals surface area (Å²) < 4.78 is 4.51. The van der Waals surface area contributed by atoms with Crippen LogP contribution < -0.4 is 5.32 Å². The number of methoxy groups -OCH3 is 1. The van der Waals surface area contributed by atoms with E-state index in [0.717, 1.165) is 11.3 Å². The summed E-state index contributed by atoms with van der Waals surface area (Å²) in [5.74, 6) is -0.554. The topological polar surface area (TPSA) is 55.4 Å². The smallest absolute Gasteiger partial charge is 0.306 e. The molecule has 0 atom stereocenters. The molecule has 1 N–H and O–H groups in total. The van der Waals surface area contributed by atoms with Gasteiger partial charge in [0.2, 0.25) is 5.91 Å². The molecule has 0 aliphatic carbocycles. The minimum atomic E-state index is -0.376. The van der Waals surface area contributed by atoms with E-state index in [0.29, 0.717) is 0 Å². The summed E-state index contributed by atoms with van der Waals surface area (Å²) in [7, 11) is 1.31. The summed E-state index contributed by atoms with van der Waals surface area (Å²) in [6.07, 6.45) is 0.227. The second kappa shape index (κ2) is 6.36. The Hall–Kier alpha value is -1.84. The molecule has 4 nitrogen and oxygen atoms in total. The number of amides is 1. The second-order valence-electron chi connectivity index (χ2n) is 5.42. The molecule has 0 aliphatic rings. The molecule has 0 aromatic heterocycles. The standard InChI is InChI=1S/C15H21NO3/c1-15(2,3)11-7-5-6-8-12(11)16-13(17)9-10-14(18)19-4/h5-8H,9-10H2,1-4H3,(H,16,17). The van der Waals surface area contributed by atoms with Gasteiger partial charge in [-0.05, 0) is 17.0 Å². The van der Waals surface area contributed by atoms with Crippen molar-refractivity contribution < 1.29 is 14.3 Å². The minimum absolute atomic E-state index is 0.0494. The minimum Gasteiger partial charge on any atom is -0.469 e. The van der Waals surface area contributed by atoms with Gasteiger partial charge in [0.15, 0.2) is 0 Å². The van der Waals surface area contributed by atoms with Crippen LogP contribution in [-0.4, -0.2) is 19.0 Å². The van der Waals surface area contributed by atoms with Crippen LogP contribution >= 0.6 is 0 Å². The van der Waals surface area contributed by atoms with Crippen molar-refractivity contribution in [3.05, 3.63) is 29.8 Å². The van der Waals surface area contributed by atoms with Crippen molar-refractivity contribution in [3.63, 3.8) is 0 Å². The molecule has 1 rings (SSSR count). The molecule has 0 saturated heterocycles. The Morgan fingerprint density at radius 2 is 1.79 bits per heavy atom. The second-order valence-corrected chi connectivity index (χ2v) is 5.42. The van der Waals surface area contributed by atoms with Gasteiger partial charge in [-0.25, -0.2) is 0 Å². The van der Waals surface area contributed by atoms with Gasteiger partial charge in [-0.15, -0.1) is 0 Å². The first-order valence-electron chi connectivity index (χ1n) is 6.31. The average molecular weight is 263 g/mol. The molecular formula is C15H21NO3. The largest absolute Gasteiger partial charge is 0.469 e. The van der Waals surface area contributed by atoms with E-state index in [1.807, 2.05) is 24.3 Å². The number of hydrogen-bond donors (Lipinski definition) is 1. The highest BCUT2D eigenvalue weighted by atomic mass is 16.5. The lowest BCUT2D eigenvalue weighted by molar-refractivity contribution is -0.141. The third kappa shape index (κ3) is 4.73. The molecule has 0 saturated carbocycles. The van der Waals surface area contributed by atoms with E-state index in [1.54, 1.807) is 0 Å². The van der Waals surface area contributed by atoms with Gasteiger partial charge in [0.05, 0.1) is 13.5 Å². The van der Waals surface area contributed by atoms with Crippen molar-refractivity contribution in [3.8, 4) is 0 Å². The third-order valence-corrected chi connectivity index (χ3v) is 2.79. The van der Waals surface area contributed by atoms with Crippen LogP contribution in [0, 0.1) is 0 Å². The van der Waals surface area contributed by atoms with Crippen LogP contribution in [0.2, 0.25) is 0 Å². The number of anilines is 1. The van der Waals surface area contributed by atoms with E-state index in [9.17, 15) is 9.59 Å². The molecule has 4 heteroatoms. The summed E-state index contributed by atoms with van der Waals surface area (Å²) >= 11 is 0. The maximum absolute atomic E-state index is 11.8. The fraction of sp³-hybridized carbons (Fsp3) is 0.467. The fourth-order valence-corrected chi connectivity index (χ4v) is 1.78. The van der Waals surface area contributed by atoms with Crippen molar-refractivity contribution in [2.75, 3.05) is 12.4 Å². The molecule has 0 radical (unpaired) electrons. The number of hydrogen-bond acceptors (Lipinski definition) is 3. The number of esters is 1. The molecule has 0 fully saturated rings. The molecule has 0 bridgehead atoms. The van der Waals surface area contributed by atoms with Crippen molar-refractivity contribution in [1.82, 2.24) is 0 Å². The number of benzene rings is 1. The first-order valence-corrected chi connectivity index (χ1v) is 6.31. The number of nitrogens with one attached hydrogen (secondary N) is 1. The Balaban J connectivity index is 2.72. The number of rotatable bonds is 4. The summed E-state index contributed by atoms with van der Waals surface area (Å²) in [5.41, 5.74) is 1.82. The molecule has 0 heterocycles. The fourth-order valence-electron chi connectivity index (χ4n) is 1.78. The monoisotopic (exact) mass is 263 g/mol. The number of carbonyl (C=O) groups excluding carboxylic acids is 2. The Labute approximate surface area is 114 Å². The van der Waals surface area contributed by atoms with Gasteiger partial charge in [0.25, 0.3) is 0 Å². The lowest BCUT2D eigenvalue weighted by Gasteiger charge is -2.22. The van der Waals surface area contributed by atoms with Gasteiger partial charge in [-0.2, -0.15) is 0 Å². The van der Waals surface area contributed by atoms with Crippen molar-refractivity contribution in [2.24, 2.45) is 0 Å². The quantitative estimate of drug-likeness (QED) is 0.850. The highest BCUT2D eigenvalue weighted by Crippen LogP contribution is 2.29. The van der Waals surface area contributed by atoms with Crippen LogP contribution in [0.1, 0.15) is 39.2 Å². The van der Waals surface area contributed by atoms with Crippen molar-refractivity contribution in [1.29, 1.82) is 0 Å².